The van der Waals surface area contributed by atoms with Crippen LogP contribution < -0.4 is 10.5 Å². The van der Waals surface area contributed by atoms with Crippen molar-refractivity contribution < 1.29 is 9.47 Å². The van der Waals surface area contributed by atoms with Gasteiger partial charge >= 0.3 is 0 Å². The summed E-state index contributed by atoms with van der Waals surface area (Å²) in [5, 5.41) is 0.640. The molecule has 2 atom stereocenters. The molecule has 0 spiro atoms. The fraction of sp³-hybridized carbons (Fsp3) is 0.538. The van der Waals surface area contributed by atoms with Gasteiger partial charge in [-0.05, 0) is 38.5 Å². The molecular weight excluding hydrogens is 238 g/mol. The third-order valence-electron chi connectivity index (χ3n) is 2.36. The van der Waals surface area contributed by atoms with Gasteiger partial charge in [0.25, 0.3) is 0 Å². The molecule has 0 bridgehead atoms. The van der Waals surface area contributed by atoms with E-state index in [0.717, 1.165) is 11.3 Å². The minimum absolute atomic E-state index is 0.00664. The normalized spacial score (nSPS) is 14.4. The monoisotopic (exact) mass is 257 g/mol. The average molecular weight is 258 g/mol. The minimum Gasteiger partial charge on any atom is -0.488 e. The Kier molecular flexibility index (Phi) is 5.75. The average Bonchev–Trinajstić information content (AvgIpc) is 2.26. The molecule has 0 aliphatic rings. The molecule has 1 rings (SSSR count). The summed E-state index contributed by atoms with van der Waals surface area (Å²) in [5.41, 5.74) is 6.71. The topological polar surface area (TPSA) is 44.5 Å². The second kappa shape index (κ2) is 6.84. The summed E-state index contributed by atoms with van der Waals surface area (Å²) in [6.45, 7) is 7.09. The van der Waals surface area contributed by atoms with Crippen molar-refractivity contribution in [3.63, 3.8) is 0 Å². The molecule has 0 saturated carbocycles. The molecule has 0 aliphatic heterocycles. The summed E-state index contributed by atoms with van der Waals surface area (Å²) in [6, 6.07) is 5.50. The van der Waals surface area contributed by atoms with Gasteiger partial charge < -0.3 is 15.2 Å². The van der Waals surface area contributed by atoms with Gasteiger partial charge in [-0.15, -0.1) is 0 Å². The first-order chi connectivity index (χ1) is 8.04. The van der Waals surface area contributed by atoms with Crippen LogP contribution in [0.2, 0.25) is 5.02 Å². The van der Waals surface area contributed by atoms with Crippen molar-refractivity contribution in [2.24, 2.45) is 5.73 Å². The van der Waals surface area contributed by atoms with E-state index in [1.165, 1.54) is 0 Å². The van der Waals surface area contributed by atoms with Crippen LogP contribution in [-0.2, 0) is 4.74 Å². The number of ether oxygens (including phenoxy) is 2. The predicted molar refractivity (Wildman–Crippen MR) is 70.6 cm³/mol. The number of benzene rings is 1. The summed E-state index contributed by atoms with van der Waals surface area (Å²) >= 11 is 6.12. The standard InChI is InChI=1S/C13H20ClNO2/c1-4-16-8-9(2)17-11-5-6-12(10(3)15)13(14)7-11/h5-7,9-10H,4,8,15H2,1-3H3. The van der Waals surface area contributed by atoms with Crippen LogP contribution in [0, 0.1) is 0 Å². The second-order valence-electron chi connectivity index (χ2n) is 4.06. The smallest absolute Gasteiger partial charge is 0.121 e. The molecule has 0 saturated heterocycles. The highest BCUT2D eigenvalue weighted by Crippen LogP contribution is 2.26. The van der Waals surface area contributed by atoms with Crippen LogP contribution in [0.4, 0.5) is 0 Å². The van der Waals surface area contributed by atoms with Gasteiger partial charge in [-0.2, -0.15) is 0 Å². The Morgan fingerprint density at radius 1 is 1.35 bits per heavy atom. The van der Waals surface area contributed by atoms with E-state index in [2.05, 4.69) is 0 Å². The molecule has 2 N–H and O–H groups in total. The van der Waals surface area contributed by atoms with Crippen molar-refractivity contribution >= 4 is 11.6 Å². The lowest BCUT2D eigenvalue weighted by Gasteiger charge is -2.16. The van der Waals surface area contributed by atoms with E-state index >= 15 is 0 Å². The molecule has 4 heteroatoms. The summed E-state index contributed by atoms with van der Waals surface area (Å²) in [4.78, 5) is 0. The Balaban J connectivity index is 2.64. The molecule has 3 nitrogen and oxygen atoms in total. The molecule has 0 fully saturated rings. The van der Waals surface area contributed by atoms with Gasteiger partial charge in [-0.3, -0.25) is 0 Å². The van der Waals surface area contributed by atoms with E-state index in [1.54, 1.807) is 6.07 Å². The highest BCUT2D eigenvalue weighted by molar-refractivity contribution is 6.31. The van der Waals surface area contributed by atoms with Crippen LogP contribution in [0.3, 0.4) is 0 Å². The van der Waals surface area contributed by atoms with Crippen molar-refractivity contribution in [3.8, 4) is 5.75 Å². The first-order valence-electron chi connectivity index (χ1n) is 5.84. The van der Waals surface area contributed by atoms with Crippen molar-refractivity contribution in [1.29, 1.82) is 0 Å². The molecule has 0 radical (unpaired) electrons. The van der Waals surface area contributed by atoms with Crippen LogP contribution in [0.15, 0.2) is 18.2 Å². The summed E-state index contributed by atoms with van der Waals surface area (Å²) < 4.78 is 11.0. The Morgan fingerprint density at radius 3 is 2.59 bits per heavy atom. The van der Waals surface area contributed by atoms with Gasteiger partial charge in [-0.25, -0.2) is 0 Å². The Bertz CT molecular complexity index is 355. The van der Waals surface area contributed by atoms with E-state index in [-0.39, 0.29) is 12.1 Å². The van der Waals surface area contributed by atoms with Crippen molar-refractivity contribution in [2.45, 2.75) is 32.9 Å². The molecule has 0 aromatic heterocycles. The van der Waals surface area contributed by atoms with Crippen molar-refractivity contribution in [1.82, 2.24) is 0 Å². The van der Waals surface area contributed by atoms with E-state index < -0.39 is 0 Å². The quantitative estimate of drug-likeness (QED) is 0.851. The van der Waals surface area contributed by atoms with Crippen molar-refractivity contribution in [2.75, 3.05) is 13.2 Å². The van der Waals surface area contributed by atoms with Crippen LogP contribution >= 0.6 is 11.6 Å². The highest BCUT2D eigenvalue weighted by atomic mass is 35.5. The van der Waals surface area contributed by atoms with Gasteiger partial charge in [0.2, 0.25) is 0 Å². The number of hydrogen-bond acceptors (Lipinski definition) is 3. The van der Waals surface area contributed by atoms with E-state index in [0.29, 0.717) is 18.2 Å². The maximum atomic E-state index is 6.12. The van der Waals surface area contributed by atoms with Gasteiger partial charge in [-0.1, -0.05) is 17.7 Å². The fourth-order valence-electron chi connectivity index (χ4n) is 1.50. The zero-order valence-electron chi connectivity index (χ0n) is 10.6. The zero-order valence-corrected chi connectivity index (χ0v) is 11.3. The molecule has 17 heavy (non-hydrogen) atoms. The van der Waals surface area contributed by atoms with Crippen LogP contribution in [0.25, 0.3) is 0 Å². The Hall–Kier alpha value is -0.770. The molecule has 1 aromatic rings. The van der Waals surface area contributed by atoms with Gasteiger partial charge in [0.15, 0.2) is 0 Å². The number of rotatable bonds is 6. The lowest BCUT2D eigenvalue weighted by atomic mass is 10.1. The number of nitrogens with two attached hydrogens (primary N) is 1. The first-order valence-corrected chi connectivity index (χ1v) is 6.21. The Labute approximate surface area is 108 Å². The maximum absolute atomic E-state index is 6.12. The molecule has 96 valence electrons. The third kappa shape index (κ3) is 4.54. The highest BCUT2D eigenvalue weighted by Gasteiger charge is 2.09. The third-order valence-corrected chi connectivity index (χ3v) is 2.68. The molecule has 2 unspecified atom stereocenters. The predicted octanol–water partition coefficient (Wildman–Crippen LogP) is 3.16. The lowest BCUT2D eigenvalue weighted by molar-refractivity contribution is 0.0657. The zero-order chi connectivity index (χ0) is 12.8. The summed E-state index contributed by atoms with van der Waals surface area (Å²) in [7, 11) is 0. The SMILES string of the molecule is CCOCC(C)Oc1ccc(C(C)N)c(Cl)c1. The molecule has 0 aliphatic carbocycles. The van der Waals surface area contributed by atoms with Gasteiger partial charge in [0.05, 0.1) is 6.61 Å². The lowest BCUT2D eigenvalue weighted by Crippen LogP contribution is -2.19. The maximum Gasteiger partial charge on any atom is 0.121 e. The number of halogens is 1. The number of hydrogen-bond donors (Lipinski definition) is 1. The molecular formula is C13H20ClNO2. The van der Waals surface area contributed by atoms with Crippen molar-refractivity contribution in [3.05, 3.63) is 28.8 Å². The molecule has 0 amide bonds. The fourth-order valence-corrected chi connectivity index (χ4v) is 1.84. The van der Waals surface area contributed by atoms with E-state index in [1.807, 2.05) is 32.9 Å². The largest absolute Gasteiger partial charge is 0.488 e. The Morgan fingerprint density at radius 2 is 2.06 bits per heavy atom. The van der Waals surface area contributed by atoms with E-state index in [9.17, 15) is 0 Å². The van der Waals surface area contributed by atoms with E-state index in [4.69, 9.17) is 26.8 Å². The van der Waals surface area contributed by atoms with Crippen LogP contribution in [-0.4, -0.2) is 19.3 Å². The summed E-state index contributed by atoms with van der Waals surface area (Å²) in [5.74, 6) is 0.742. The first kappa shape index (κ1) is 14.3. The van der Waals surface area contributed by atoms with Gasteiger partial charge in [0, 0.05) is 17.7 Å². The molecule has 1 aromatic carbocycles. The van der Waals surface area contributed by atoms with Crippen LogP contribution in [0.1, 0.15) is 32.4 Å². The molecule has 0 heterocycles. The summed E-state index contributed by atoms with van der Waals surface area (Å²) in [6.07, 6.45) is 0.00664. The second-order valence-corrected chi connectivity index (χ2v) is 4.47. The van der Waals surface area contributed by atoms with Gasteiger partial charge in [0.1, 0.15) is 11.9 Å². The van der Waals surface area contributed by atoms with Crippen LogP contribution in [0.5, 0.6) is 5.75 Å². The minimum atomic E-state index is -0.0719.